The minimum atomic E-state index is -0.934. The minimum Gasteiger partial charge on any atom is -0.383 e. The molecule has 1 amide bonds. The Morgan fingerprint density at radius 3 is 3.04 bits per heavy atom. The van der Waals surface area contributed by atoms with Crippen molar-refractivity contribution < 1.29 is 9.90 Å². The van der Waals surface area contributed by atoms with Crippen molar-refractivity contribution in [1.29, 1.82) is 0 Å². The quantitative estimate of drug-likeness (QED) is 0.809. The van der Waals surface area contributed by atoms with Crippen LogP contribution in [0.25, 0.3) is 0 Å². The zero-order valence-electron chi connectivity index (χ0n) is 13.2. The van der Waals surface area contributed by atoms with Crippen LogP contribution in [0.2, 0.25) is 0 Å². The lowest BCUT2D eigenvalue weighted by Crippen LogP contribution is -2.42. The number of rotatable bonds is 5. The summed E-state index contributed by atoms with van der Waals surface area (Å²) in [7, 11) is 0. The molecule has 1 unspecified atom stereocenters. The number of benzene rings is 1. The van der Waals surface area contributed by atoms with E-state index in [2.05, 4.69) is 12.2 Å². The standard InChI is InChI=1S/C18H21NO2S2/c1-2-22-15-7-4-3-6-13(15)17(20)19-12-18(21)10-5-8-16-14(18)9-11-23-16/h3-4,6-7,9,11,21H,2,5,8,10,12H2,1H3,(H,19,20). The molecule has 2 aromatic rings. The zero-order chi connectivity index (χ0) is 16.3. The molecule has 0 bridgehead atoms. The molecule has 5 heteroatoms. The maximum absolute atomic E-state index is 12.5. The van der Waals surface area contributed by atoms with Crippen molar-refractivity contribution in [2.45, 2.75) is 36.7 Å². The van der Waals surface area contributed by atoms with Gasteiger partial charge in [0.05, 0.1) is 12.1 Å². The summed E-state index contributed by atoms with van der Waals surface area (Å²) in [6, 6.07) is 9.62. The van der Waals surface area contributed by atoms with Gasteiger partial charge >= 0.3 is 0 Å². The van der Waals surface area contributed by atoms with Crippen LogP contribution in [0.1, 0.15) is 40.6 Å². The van der Waals surface area contributed by atoms with E-state index in [0.717, 1.165) is 29.1 Å². The lowest BCUT2D eigenvalue weighted by Gasteiger charge is -2.32. The van der Waals surface area contributed by atoms with Gasteiger partial charge in [-0.15, -0.1) is 23.1 Å². The monoisotopic (exact) mass is 347 g/mol. The largest absolute Gasteiger partial charge is 0.383 e. The number of hydrogen-bond donors (Lipinski definition) is 2. The molecule has 2 N–H and O–H groups in total. The highest BCUT2D eigenvalue weighted by atomic mass is 32.2. The highest BCUT2D eigenvalue weighted by Gasteiger charge is 2.35. The minimum absolute atomic E-state index is 0.114. The van der Waals surface area contributed by atoms with Crippen LogP contribution in [0.4, 0.5) is 0 Å². The molecular formula is C18H21NO2S2. The van der Waals surface area contributed by atoms with Crippen LogP contribution in [0, 0.1) is 0 Å². The van der Waals surface area contributed by atoms with Crippen LogP contribution in [0.15, 0.2) is 40.6 Å². The summed E-state index contributed by atoms with van der Waals surface area (Å²) >= 11 is 3.35. The SMILES string of the molecule is CCSc1ccccc1C(=O)NCC1(O)CCCc2sccc21. The number of hydrogen-bond acceptors (Lipinski definition) is 4. The summed E-state index contributed by atoms with van der Waals surface area (Å²) < 4.78 is 0. The summed E-state index contributed by atoms with van der Waals surface area (Å²) in [5.74, 6) is 0.810. The Bertz CT molecular complexity index is 698. The van der Waals surface area contributed by atoms with Crippen LogP contribution < -0.4 is 5.32 Å². The van der Waals surface area contributed by atoms with Crippen molar-refractivity contribution in [3.05, 3.63) is 51.7 Å². The van der Waals surface area contributed by atoms with E-state index < -0.39 is 5.60 Å². The number of fused-ring (bicyclic) bond motifs is 1. The fourth-order valence-corrected chi connectivity index (χ4v) is 4.88. The van der Waals surface area contributed by atoms with Gasteiger partial charge in [-0.05, 0) is 54.2 Å². The van der Waals surface area contributed by atoms with Crippen molar-refractivity contribution in [2.75, 3.05) is 12.3 Å². The molecule has 0 aliphatic heterocycles. The first-order chi connectivity index (χ1) is 11.1. The van der Waals surface area contributed by atoms with Gasteiger partial charge in [-0.1, -0.05) is 19.1 Å². The normalized spacial score (nSPS) is 20.1. The Balaban J connectivity index is 1.73. The predicted molar refractivity (Wildman–Crippen MR) is 96.3 cm³/mol. The van der Waals surface area contributed by atoms with Crippen LogP contribution in [-0.4, -0.2) is 23.3 Å². The second-order valence-corrected chi connectivity index (χ2v) is 8.06. The van der Waals surface area contributed by atoms with Gasteiger partial charge < -0.3 is 10.4 Å². The van der Waals surface area contributed by atoms with Gasteiger partial charge in [0.15, 0.2) is 0 Å². The van der Waals surface area contributed by atoms with Crippen molar-refractivity contribution in [3.8, 4) is 0 Å². The van der Waals surface area contributed by atoms with E-state index in [-0.39, 0.29) is 12.5 Å². The Kier molecular flexibility index (Phi) is 5.09. The molecule has 3 rings (SSSR count). The van der Waals surface area contributed by atoms with Crippen LogP contribution in [0.3, 0.4) is 0 Å². The van der Waals surface area contributed by atoms with Crippen LogP contribution in [-0.2, 0) is 12.0 Å². The Hall–Kier alpha value is -1.30. The fraction of sp³-hybridized carbons (Fsp3) is 0.389. The lowest BCUT2D eigenvalue weighted by atomic mass is 9.83. The maximum Gasteiger partial charge on any atom is 0.252 e. The van der Waals surface area contributed by atoms with Gasteiger partial charge in [0, 0.05) is 9.77 Å². The molecule has 0 spiro atoms. The molecule has 0 saturated carbocycles. The molecular weight excluding hydrogens is 326 g/mol. The average Bonchev–Trinajstić information content (AvgIpc) is 3.04. The number of carbonyl (C=O) groups excluding carboxylic acids is 1. The summed E-state index contributed by atoms with van der Waals surface area (Å²) in [6.45, 7) is 2.34. The van der Waals surface area contributed by atoms with Gasteiger partial charge in [0.2, 0.25) is 0 Å². The Morgan fingerprint density at radius 1 is 1.39 bits per heavy atom. The van der Waals surface area contributed by atoms with Gasteiger partial charge in [-0.25, -0.2) is 0 Å². The van der Waals surface area contributed by atoms with Gasteiger partial charge in [-0.3, -0.25) is 4.79 Å². The lowest BCUT2D eigenvalue weighted by molar-refractivity contribution is 0.0197. The molecule has 122 valence electrons. The number of carbonyl (C=O) groups is 1. The van der Waals surface area contributed by atoms with Crippen molar-refractivity contribution in [3.63, 3.8) is 0 Å². The molecule has 0 fully saturated rings. The first-order valence-corrected chi connectivity index (χ1v) is 9.80. The van der Waals surface area contributed by atoms with Gasteiger partial charge in [0.25, 0.3) is 5.91 Å². The molecule has 0 saturated heterocycles. The molecule has 3 nitrogen and oxygen atoms in total. The molecule has 1 aromatic carbocycles. The van der Waals surface area contributed by atoms with E-state index >= 15 is 0 Å². The van der Waals surface area contributed by atoms with E-state index in [4.69, 9.17) is 0 Å². The molecule has 1 aromatic heterocycles. The van der Waals surface area contributed by atoms with Crippen molar-refractivity contribution in [1.82, 2.24) is 5.32 Å². The molecule has 0 radical (unpaired) electrons. The number of aliphatic hydroxyl groups is 1. The second kappa shape index (κ2) is 7.07. The van der Waals surface area contributed by atoms with E-state index in [1.54, 1.807) is 23.1 Å². The van der Waals surface area contributed by atoms with Crippen molar-refractivity contribution >= 4 is 29.0 Å². The fourth-order valence-electron chi connectivity index (χ4n) is 3.07. The zero-order valence-corrected chi connectivity index (χ0v) is 14.8. The Labute approximate surface area is 145 Å². The molecule has 1 atom stereocenters. The number of thioether (sulfide) groups is 1. The van der Waals surface area contributed by atoms with Gasteiger partial charge in [0.1, 0.15) is 5.60 Å². The molecule has 1 heterocycles. The first kappa shape index (κ1) is 16.6. The van der Waals surface area contributed by atoms with Crippen molar-refractivity contribution in [2.24, 2.45) is 0 Å². The average molecular weight is 348 g/mol. The summed E-state index contributed by atoms with van der Waals surface area (Å²) in [6.07, 6.45) is 2.68. The summed E-state index contributed by atoms with van der Waals surface area (Å²) in [5, 5.41) is 15.9. The molecule has 1 aliphatic carbocycles. The van der Waals surface area contributed by atoms with E-state index in [1.807, 2.05) is 35.7 Å². The first-order valence-electron chi connectivity index (χ1n) is 7.93. The maximum atomic E-state index is 12.5. The van der Waals surface area contributed by atoms with E-state index in [1.165, 1.54) is 4.88 Å². The number of nitrogens with one attached hydrogen (secondary N) is 1. The third kappa shape index (κ3) is 3.47. The third-order valence-corrected chi connectivity index (χ3v) is 6.15. The summed E-state index contributed by atoms with van der Waals surface area (Å²) in [5.41, 5.74) is 0.741. The number of amides is 1. The molecule has 1 aliphatic rings. The van der Waals surface area contributed by atoms with Crippen LogP contribution in [0.5, 0.6) is 0 Å². The highest BCUT2D eigenvalue weighted by Crippen LogP contribution is 2.37. The Morgan fingerprint density at radius 2 is 2.22 bits per heavy atom. The topological polar surface area (TPSA) is 49.3 Å². The highest BCUT2D eigenvalue weighted by molar-refractivity contribution is 7.99. The molecule has 23 heavy (non-hydrogen) atoms. The number of thiophene rings is 1. The second-order valence-electron chi connectivity index (χ2n) is 5.75. The van der Waals surface area contributed by atoms with Gasteiger partial charge in [-0.2, -0.15) is 0 Å². The van der Waals surface area contributed by atoms with E-state index in [0.29, 0.717) is 12.0 Å². The number of aryl methyl sites for hydroxylation is 1. The van der Waals surface area contributed by atoms with Crippen LogP contribution >= 0.6 is 23.1 Å². The predicted octanol–water partition coefficient (Wildman–Crippen LogP) is 3.81. The smallest absolute Gasteiger partial charge is 0.252 e. The van der Waals surface area contributed by atoms with E-state index in [9.17, 15) is 9.90 Å². The summed E-state index contributed by atoms with van der Waals surface area (Å²) in [4.78, 5) is 14.8. The third-order valence-electron chi connectivity index (χ3n) is 4.21.